The van der Waals surface area contributed by atoms with Crippen molar-refractivity contribution in [1.29, 1.82) is 0 Å². The molecule has 0 saturated carbocycles. The fraction of sp³-hybridized carbons (Fsp3) is 0.214. The van der Waals surface area contributed by atoms with Crippen LogP contribution in [-0.4, -0.2) is 26.8 Å². The van der Waals surface area contributed by atoms with E-state index in [0.29, 0.717) is 16.9 Å². The van der Waals surface area contributed by atoms with Gasteiger partial charge in [-0.2, -0.15) is 5.10 Å². The number of carboxylic acids is 1. The van der Waals surface area contributed by atoms with E-state index < -0.39 is 5.97 Å². The molecule has 0 saturated heterocycles. The normalized spacial score (nSPS) is 10.3. The Kier molecular flexibility index (Phi) is 3.56. The van der Waals surface area contributed by atoms with Gasteiger partial charge in [0, 0.05) is 18.9 Å². The van der Waals surface area contributed by atoms with Crippen molar-refractivity contribution in [2.24, 2.45) is 7.05 Å². The first-order valence-electron chi connectivity index (χ1n) is 6.04. The van der Waals surface area contributed by atoms with Crippen molar-refractivity contribution in [2.75, 3.05) is 5.32 Å². The van der Waals surface area contributed by atoms with E-state index in [1.807, 2.05) is 0 Å². The Balaban J connectivity index is 2.30. The highest BCUT2D eigenvalue weighted by atomic mass is 16.4. The van der Waals surface area contributed by atoms with Crippen LogP contribution in [0.1, 0.15) is 32.0 Å². The van der Waals surface area contributed by atoms with E-state index in [1.165, 1.54) is 12.1 Å². The molecule has 0 bridgehead atoms. The number of nitrogens with zero attached hydrogens (tertiary/aromatic N) is 2. The van der Waals surface area contributed by atoms with Gasteiger partial charge in [-0.1, -0.05) is 6.07 Å². The van der Waals surface area contributed by atoms with Gasteiger partial charge in [-0.3, -0.25) is 9.48 Å². The highest BCUT2D eigenvalue weighted by molar-refractivity contribution is 6.05. The van der Waals surface area contributed by atoms with E-state index in [-0.39, 0.29) is 11.5 Å². The van der Waals surface area contributed by atoms with Crippen molar-refractivity contribution in [1.82, 2.24) is 9.78 Å². The minimum Gasteiger partial charge on any atom is -0.478 e. The summed E-state index contributed by atoms with van der Waals surface area (Å²) >= 11 is 0. The number of carbonyl (C=O) groups is 2. The van der Waals surface area contributed by atoms with Gasteiger partial charge in [0.2, 0.25) is 0 Å². The fourth-order valence-corrected chi connectivity index (χ4v) is 1.90. The van der Waals surface area contributed by atoms with Crippen molar-refractivity contribution in [2.45, 2.75) is 13.8 Å². The lowest BCUT2D eigenvalue weighted by Gasteiger charge is -2.08. The first-order chi connectivity index (χ1) is 9.38. The summed E-state index contributed by atoms with van der Waals surface area (Å²) in [5, 5.41) is 15.8. The number of hydrogen-bond donors (Lipinski definition) is 2. The maximum absolute atomic E-state index is 12.2. The molecule has 6 nitrogen and oxygen atoms in total. The van der Waals surface area contributed by atoms with Crippen molar-refractivity contribution >= 4 is 17.6 Å². The van der Waals surface area contributed by atoms with Gasteiger partial charge >= 0.3 is 5.97 Å². The Morgan fingerprint density at radius 2 is 2.00 bits per heavy atom. The van der Waals surface area contributed by atoms with Gasteiger partial charge in [-0.05, 0) is 31.5 Å². The molecule has 0 aliphatic carbocycles. The number of benzene rings is 1. The summed E-state index contributed by atoms with van der Waals surface area (Å²) in [6.07, 6.45) is 1.63. The highest BCUT2D eigenvalue weighted by Crippen LogP contribution is 2.18. The Bertz CT molecular complexity index is 689. The third kappa shape index (κ3) is 2.69. The molecule has 0 radical (unpaired) electrons. The number of aromatic nitrogens is 2. The number of carboxylic acid groups (broad SMARTS) is 1. The second-order valence-electron chi connectivity index (χ2n) is 4.59. The number of rotatable bonds is 3. The number of nitrogens with one attached hydrogen (secondary N) is 1. The summed E-state index contributed by atoms with van der Waals surface area (Å²) in [6, 6.07) is 4.61. The molecular weight excluding hydrogens is 258 g/mol. The van der Waals surface area contributed by atoms with Crippen molar-refractivity contribution in [3.63, 3.8) is 0 Å². The first kappa shape index (κ1) is 13.8. The van der Waals surface area contributed by atoms with Crippen LogP contribution in [0.4, 0.5) is 5.69 Å². The molecule has 0 atom stereocenters. The molecule has 0 spiro atoms. The Labute approximate surface area is 116 Å². The van der Waals surface area contributed by atoms with Gasteiger partial charge in [-0.25, -0.2) is 4.79 Å². The summed E-state index contributed by atoms with van der Waals surface area (Å²) in [4.78, 5) is 23.1. The molecule has 0 unspecified atom stereocenters. The minimum absolute atomic E-state index is 0.133. The molecule has 20 heavy (non-hydrogen) atoms. The lowest BCUT2D eigenvalue weighted by molar-refractivity contribution is 0.0696. The van der Waals surface area contributed by atoms with E-state index in [2.05, 4.69) is 10.4 Å². The van der Waals surface area contributed by atoms with Crippen LogP contribution >= 0.6 is 0 Å². The van der Waals surface area contributed by atoms with Crippen LogP contribution in [0.15, 0.2) is 24.4 Å². The number of anilines is 1. The van der Waals surface area contributed by atoms with Crippen LogP contribution < -0.4 is 5.32 Å². The summed E-state index contributed by atoms with van der Waals surface area (Å²) in [5.41, 5.74) is 2.50. The zero-order chi connectivity index (χ0) is 14.9. The lowest BCUT2D eigenvalue weighted by Crippen LogP contribution is -2.14. The molecule has 1 amide bonds. The van der Waals surface area contributed by atoms with Gasteiger partial charge in [0.25, 0.3) is 5.91 Å². The SMILES string of the molecule is Cc1ccc(C(=O)O)cc1NC(=O)c1cn(C)nc1C. The van der Waals surface area contributed by atoms with Crippen LogP contribution in [0.3, 0.4) is 0 Å². The van der Waals surface area contributed by atoms with Gasteiger partial charge < -0.3 is 10.4 Å². The fourth-order valence-electron chi connectivity index (χ4n) is 1.90. The molecule has 1 aromatic carbocycles. The topological polar surface area (TPSA) is 84.2 Å². The number of hydrogen-bond acceptors (Lipinski definition) is 3. The highest BCUT2D eigenvalue weighted by Gasteiger charge is 2.14. The monoisotopic (exact) mass is 273 g/mol. The van der Waals surface area contributed by atoms with E-state index in [1.54, 1.807) is 37.8 Å². The smallest absolute Gasteiger partial charge is 0.335 e. The molecule has 104 valence electrons. The molecule has 1 aromatic heterocycles. The van der Waals surface area contributed by atoms with Crippen LogP contribution in [0.2, 0.25) is 0 Å². The van der Waals surface area contributed by atoms with E-state index in [9.17, 15) is 9.59 Å². The molecule has 0 aliphatic rings. The van der Waals surface area contributed by atoms with E-state index in [4.69, 9.17) is 5.11 Å². The Hall–Kier alpha value is -2.63. The van der Waals surface area contributed by atoms with Gasteiger partial charge in [-0.15, -0.1) is 0 Å². The quantitative estimate of drug-likeness (QED) is 0.895. The third-order valence-corrected chi connectivity index (χ3v) is 2.99. The van der Waals surface area contributed by atoms with Crippen LogP contribution in [-0.2, 0) is 7.05 Å². The Morgan fingerprint density at radius 1 is 1.30 bits per heavy atom. The molecular formula is C14H15N3O3. The predicted molar refractivity (Wildman–Crippen MR) is 74.0 cm³/mol. The summed E-state index contributed by atoms with van der Waals surface area (Å²) in [7, 11) is 1.74. The second kappa shape index (κ2) is 5.16. The third-order valence-electron chi connectivity index (χ3n) is 2.99. The maximum atomic E-state index is 12.2. The van der Waals surface area contributed by atoms with Crippen LogP contribution in [0.25, 0.3) is 0 Å². The molecule has 2 rings (SSSR count). The van der Waals surface area contributed by atoms with Crippen molar-refractivity contribution in [3.8, 4) is 0 Å². The van der Waals surface area contributed by atoms with Gasteiger partial charge in [0.05, 0.1) is 16.8 Å². The lowest BCUT2D eigenvalue weighted by atomic mass is 10.1. The van der Waals surface area contributed by atoms with Gasteiger partial charge in [0.15, 0.2) is 0 Å². The van der Waals surface area contributed by atoms with Crippen LogP contribution in [0.5, 0.6) is 0 Å². The summed E-state index contributed by atoms with van der Waals surface area (Å²) in [6.45, 7) is 3.55. The number of amides is 1. The van der Waals surface area contributed by atoms with E-state index >= 15 is 0 Å². The van der Waals surface area contributed by atoms with Crippen molar-refractivity contribution < 1.29 is 14.7 Å². The minimum atomic E-state index is -1.03. The zero-order valence-electron chi connectivity index (χ0n) is 11.5. The summed E-state index contributed by atoms with van der Waals surface area (Å²) < 4.78 is 1.56. The summed E-state index contributed by atoms with van der Waals surface area (Å²) in [5.74, 6) is -1.33. The average Bonchev–Trinajstić information content (AvgIpc) is 2.71. The maximum Gasteiger partial charge on any atom is 0.335 e. The number of aromatic carboxylic acids is 1. The molecule has 2 aromatic rings. The van der Waals surface area contributed by atoms with Gasteiger partial charge in [0.1, 0.15) is 0 Å². The molecule has 1 heterocycles. The standard InChI is InChI=1S/C14H15N3O3/c1-8-4-5-10(14(19)20)6-12(8)15-13(18)11-7-17(3)16-9(11)2/h4-7H,1-3H3,(H,15,18)(H,19,20). The largest absolute Gasteiger partial charge is 0.478 e. The molecule has 2 N–H and O–H groups in total. The zero-order valence-corrected chi connectivity index (χ0v) is 11.5. The molecule has 6 heteroatoms. The van der Waals surface area contributed by atoms with Crippen molar-refractivity contribution in [3.05, 3.63) is 46.8 Å². The van der Waals surface area contributed by atoms with Crippen LogP contribution in [0, 0.1) is 13.8 Å². The number of carbonyl (C=O) groups excluding carboxylic acids is 1. The first-order valence-corrected chi connectivity index (χ1v) is 6.04. The molecule has 0 aliphatic heterocycles. The Morgan fingerprint density at radius 3 is 2.55 bits per heavy atom. The molecule has 0 fully saturated rings. The average molecular weight is 273 g/mol. The van der Waals surface area contributed by atoms with E-state index in [0.717, 1.165) is 5.56 Å². The number of aryl methyl sites for hydroxylation is 3. The predicted octanol–water partition coefficient (Wildman–Crippen LogP) is 1.99. The second-order valence-corrected chi connectivity index (χ2v) is 4.59.